The van der Waals surface area contributed by atoms with Crippen LogP contribution in [0.4, 0.5) is 0 Å². The second-order valence-corrected chi connectivity index (χ2v) is 9.80. The molecule has 0 amide bonds. The second kappa shape index (κ2) is 14.2. The van der Waals surface area contributed by atoms with Gasteiger partial charge in [-0.05, 0) is 59.1 Å². The number of aliphatic hydroxyl groups is 1. The minimum atomic E-state index is -0.961. The van der Waals surface area contributed by atoms with E-state index in [1.54, 1.807) is 44.2 Å². The molecule has 0 aliphatic heterocycles. The maximum absolute atomic E-state index is 11.7. The fourth-order valence-corrected chi connectivity index (χ4v) is 4.20. The molecule has 2 aromatic carbocycles. The molecule has 0 fully saturated rings. The predicted molar refractivity (Wildman–Crippen MR) is 134 cm³/mol. The van der Waals surface area contributed by atoms with Crippen LogP contribution in [-0.2, 0) is 11.2 Å². The van der Waals surface area contributed by atoms with Gasteiger partial charge in [0.1, 0.15) is 17.2 Å². The number of ether oxygens (including phenoxy) is 2. The van der Waals surface area contributed by atoms with Crippen LogP contribution in [0, 0.1) is 5.41 Å². The molecule has 7 nitrogen and oxygen atoms in total. The van der Waals surface area contributed by atoms with E-state index in [0.717, 1.165) is 6.42 Å². The van der Waals surface area contributed by atoms with E-state index in [4.69, 9.17) is 14.6 Å². The first-order valence-corrected chi connectivity index (χ1v) is 12.1. The zero-order valence-electron chi connectivity index (χ0n) is 22.1. The number of hydrogen-bond acceptors (Lipinski definition) is 6. The molecule has 0 heterocycles. The number of carboxylic acid groups (broad SMARTS) is 1. The van der Waals surface area contributed by atoms with Crippen molar-refractivity contribution in [2.45, 2.75) is 59.5 Å². The second-order valence-electron chi connectivity index (χ2n) is 8.95. The van der Waals surface area contributed by atoms with Gasteiger partial charge in [-0.2, -0.15) is 0 Å². The summed E-state index contributed by atoms with van der Waals surface area (Å²) in [7, 11) is 0. The number of aliphatic hydroxyl groups excluding tert-OH is 1. The molecule has 188 valence electrons. The van der Waals surface area contributed by atoms with E-state index in [1.165, 1.54) is 6.92 Å². The van der Waals surface area contributed by atoms with E-state index in [1.807, 2.05) is 6.92 Å². The van der Waals surface area contributed by atoms with Crippen LogP contribution in [0.15, 0.2) is 34.8 Å². The van der Waals surface area contributed by atoms with Gasteiger partial charge >= 0.3 is 35.5 Å². The smallest absolute Gasteiger partial charge is 1.00 e. The Morgan fingerprint density at radius 2 is 1.71 bits per heavy atom. The molecular formula is C26H34BrNaO7. The summed E-state index contributed by atoms with van der Waals surface area (Å²) >= 11 is 3.45. The van der Waals surface area contributed by atoms with Crippen LogP contribution in [0.3, 0.4) is 0 Å². The van der Waals surface area contributed by atoms with E-state index in [2.05, 4.69) is 15.9 Å². The number of carbonyl (C=O) groups is 2. The van der Waals surface area contributed by atoms with Gasteiger partial charge in [-0.15, -0.1) is 0 Å². The van der Waals surface area contributed by atoms with Gasteiger partial charge in [-0.25, -0.2) is 0 Å². The van der Waals surface area contributed by atoms with Crippen LogP contribution in [0.25, 0.3) is 0 Å². The molecule has 0 radical (unpaired) electrons. The number of rotatable bonds is 13. The first kappa shape index (κ1) is 31.4. The molecule has 3 N–H and O–H groups in total. The van der Waals surface area contributed by atoms with Crippen LogP contribution in [-0.4, -0.2) is 40.3 Å². The van der Waals surface area contributed by atoms with Crippen molar-refractivity contribution in [3.05, 3.63) is 51.5 Å². The van der Waals surface area contributed by atoms with Crippen molar-refractivity contribution in [3.8, 4) is 17.2 Å². The Hall–Kier alpha value is -1.58. The number of halogens is 1. The Kier molecular flexibility index (Phi) is 12.8. The van der Waals surface area contributed by atoms with Gasteiger partial charge < -0.3 is 26.2 Å². The first-order valence-electron chi connectivity index (χ1n) is 11.3. The van der Waals surface area contributed by atoms with Gasteiger partial charge in [-0.3, -0.25) is 9.59 Å². The van der Waals surface area contributed by atoms with Crippen molar-refractivity contribution in [1.82, 2.24) is 0 Å². The van der Waals surface area contributed by atoms with Crippen LogP contribution in [0.2, 0.25) is 0 Å². The summed E-state index contributed by atoms with van der Waals surface area (Å²) in [4.78, 5) is 22.8. The van der Waals surface area contributed by atoms with Crippen LogP contribution in [0.5, 0.6) is 17.2 Å². The maximum atomic E-state index is 11.7. The van der Waals surface area contributed by atoms with E-state index in [0.29, 0.717) is 58.7 Å². The standard InChI is InChI=1S/C26H33BrO7.Na.H/c1-5-7-19-21(11-9-18(16(2)28)24(19)31)33-12-6-13-34-22-10-8-17(14-20(22)27)25(32)26(3,4)15-23(29)30;;/h8-11,14,25,31-32H,5-7,12-13,15H2,1-4H3,(H,29,30);;/q;+1;-1. The normalized spacial score (nSPS) is 11.9. The number of benzene rings is 2. The quantitative estimate of drug-likeness (QED) is 0.196. The number of phenols is 1. The summed E-state index contributed by atoms with van der Waals surface area (Å²) in [6.45, 7) is 7.59. The third-order valence-corrected chi connectivity index (χ3v) is 6.16. The Labute approximate surface area is 238 Å². The molecule has 9 heteroatoms. The molecule has 1 atom stereocenters. The Morgan fingerprint density at radius 3 is 2.26 bits per heavy atom. The summed E-state index contributed by atoms with van der Waals surface area (Å²) < 4.78 is 12.3. The van der Waals surface area contributed by atoms with Gasteiger partial charge in [-0.1, -0.05) is 33.3 Å². The maximum Gasteiger partial charge on any atom is 1.00 e. The minimum absolute atomic E-state index is 0. The minimum Gasteiger partial charge on any atom is -1.00 e. The zero-order chi connectivity index (χ0) is 25.5. The molecule has 0 saturated carbocycles. The third kappa shape index (κ3) is 8.79. The molecular weight excluding hydrogens is 527 g/mol. The Balaban J connectivity index is 0.00000612. The topological polar surface area (TPSA) is 113 Å². The molecule has 0 aromatic heterocycles. The number of Topliss-reactive ketones (excluding diaryl/α,β-unsaturated/α-hetero) is 1. The molecule has 0 saturated heterocycles. The van der Waals surface area contributed by atoms with Crippen molar-refractivity contribution < 1.29 is 65.4 Å². The molecule has 0 aliphatic carbocycles. The number of phenolic OH excluding ortho intramolecular Hbond substituents is 1. The number of ketones is 1. The molecule has 0 bridgehead atoms. The van der Waals surface area contributed by atoms with Gasteiger partial charge in [0.25, 0.3) is 0 Å². The number of aromatic hydroxyl groups is 1. The summed E-state index contributed by atoms with van der Waals surface area (Å²) in [5.74, 6) is -0.00252. The van der Waals surface area contributed by atoms with Gasteiger partial charge in [0.2, 0.25) is 0 Å². The van der Waals surface area contributed by atoms with E-state index < -0.39 is 17.5 Å². The fourth-order valence-electron chi connectivity index (χ4n) is 3.69. The molecule has 1 unspecified atom stereocenters. The van der Waals surface area contributed by atoms with Crippen molar-refractivity contribution in [3.63, 3.8) is 0 Å². The third-order valence-electron chi connectivity index (χ3n) is 5.54. The molecule has 35 heavy (non-hydrogen) atoms. The van der Waals surface area contributed by atoms with Crippen LogP contribution < -0.4 is 39.0 Å². The number of carbonyl (C=O) groups excluding carboxylic acids is 1. The Morgan fingerprint density at radius 1 is 1.11 bits per heavy atom. The van der Waals surface area contributed by atoms with E-state index in [-0.39, 0.29) is 48.9 Å². The van der Waals surface area contributed by atoms with E-state index >= 15 is 0 Å². The largest absolute Gasteiger partial charge is 1.00 e. The average molecular weight is 561 g/mol. The Bertz CT molecular complexity index is 1030. The van der Waals surface area contributed by atoms with E-state index in [9.17, 15) is 19.8 Å². The van der Waals surface area contributed by atoms with Crippen molar-refractivity contribution in [2.75, 3.05) is 13.2 Å². The van der Waals surface area contributed by atoms with Gasteiger partial charge in [0.05, 0.1) is 35.8 Å². The number of aliphatic carboxylic acids is 1. The van der Waals surface area contributed by atoms with Gasteiger partial charge in [0.15, 0.2) is 5.78 Å². The predicted octanol–water partition coefficient (Wildman–Crippen LogP) is 2.81. The monoisotopic (exact) mass is 560 g/mol. The molecule has 2 rings (SSSR count). The van der Waals surface area contributed by atoms with Crippen LogP contribution in [0.1, 0.15) is 76.0 Å². The van der Waals surface area contributed by atoms with Crippen molar-refractivity contribution >= 4 is 27.7 Å². The summed E-state index contributed by atoms with van der Waals surface area (Å²) in [5, 5.41) is 30.1. The van der Waals surface area contributed by atoms with Gasteiger partial charge in [0, 0.05) is 17.4 Å². The van der Waals surface area contributed by atoms with Crippen molar-refractivity contribution in [2.24, 2.45) is 5.41 Å². The zero-order valence-corrected chi connectivity index (χ0v) is 24.6. The number of hydrogen-bond donors (Lipinski definition) is 3. The first-order chi connectivity index (χ1) is 16.0. The van der Waals surface area contributed by atoms with Crippen molar-refractivity contribution in [1.29, 1.82) is 0 Å². The van der Waals surface area contributed by atoms with Crippen LogP contribution >= 0.6 is 15.9 Å². The fraction of sp³-hybridized carbons (Fsp3) is 0.462. The summed E-state index contributed by atoms with van der Waals surface area (Å²) in [6.07, 6.45) is 0.904. The summed E-state index contributed by atoms with van der Waals surface area (Å²) in [5.41, 5.74) is 0.715. The molecule has 0 aliphatic rings. The summed E-state index contributed by atoms with van der Waals surface area (Å²) in [6, 6.07) is 8.48. The average Bonchev–Trinajstić information content (AvgIpc) is 2.75. The SMILES string of the molecule is CCCc1c(OCCCOc2ccc(C(O)C(C)(C)CC(=O)O)cc2Br)ccc(C(C)=O)c1O.[H-].[Na+]. The molecule has 2 aromatic rings. The molecule has 0 spiro atoms. The number of carboxylic acids is 1.